The molecule has 2 rings (SSSR count). The van der Waals surface area contributed by atoms with Crippen molar-refractivity contribution in [1.82, 2.24) is 0 Å². The molecule has 0 N–H and O–H groups in total. The van der Waals surface area contributed by atoms with Crippen molar-refractivity contribution >= 4 is 5.78 Å². The van der Waals surface area contributed by atoms with Crippen molar-refractivity contribution in [1.29, 1.82) is 0 Å². The van der Waals surface area contributed by atoms with E-state index in [1.165, 1.54) is 24.8 Å². The van der Waals surface area contributed by atoms with Crippen LogP contribution in [0, 0.1) is 10.8 Å². The predicted octanol–water partition coefficient (Wildman–Crippen LogP) is 5.03. The third kappa shape index (κ3) is 2.97. The zero-order valence-corrected chi connectivity index (χ0v) is 12.5. The molecule has 1 aliphatic rings. The third-order valence-electron chi connectivity index (χ3n) is 4.40. The largest absolute Gasteiger partial charge is 0.289 e. The maximum absolute atomic E-state index is 12.4. The van der Waals surface area contributed by atoms with Crippen LogP contribution < -0.4 is 0 Å². The predicted molar refractivity (Wildman–Crippen MR) is 80.3 cm³/mol. The molecule has 0 radical (unpaired) electrons. The molecule has 0 bridgehead atoms. The Labute approximate surface area is 116 Å². The smallest absolute Gasteiger partial charge is 0.185 e. The molecule has 19 heavy (non-hydrogen) atoms. The molecule has 102 valence electrons. The molecule has 0 aromatic heterocycles. The summed E-state index contributed by atoms with van der Waals surface area (Å²) < 4.78 is 0. The molecule has 1 nitrogen and oxygen atoms in total. The van der Waals surface area contributed by atoms with E-state index in [4.69, 9.17) is 0 Å². The fourth-order valence-corrected chi connectivity index (χ4v) is 3.37. The summed E-state index contributed by atoms with van der Waals surface area (Å²) in [5.74, 6) is 0.138. The van der Waals surface area contributed by atoms with Gasteiger partial charge in [-0.25, -0.2) is 0 Å². The Balaban J connectivity index is 2.37. The molecule has 0 unspecified atom stereocenters. The van der Waals surface area contributed by atoms with Crippen LogP contribution >= 0.6 is 0 Å². The molecule has 0 aliphatic heterocycles. The zero-order valence-electron chi connectivity index (χ0n) is 12.5. The summed E-state index contributed by atoms with van der Waals surface area (Å²) >= 11 is 0. The molecule has 1 aromatic carbocycles. The number of hydrogen-bond acceptors (Lipinski definition) is 1. The van der Waals surface area contributed by atoms with Gasteiger partial charge < -0.3 is 0 Å². The maximum atomic E-state index is 12.4. The van der Waals surface area contributed by atoms with Crippen LogP contribution in [-0.4, -0.2) is 5.78 Å². The van der Waals surface area contributed by atoms with Crippen molar-refractivity contribution in [2.45, 2.75) is 47.0 Å². The van der Waals surface area contributed by atoms with Crippen LogP contribution in [0.5, 0.6) is 0 Å². The van der Waals surface area contributed by atoms with E-state index >= 15 is 0 Å². The van der Waals surface area contributed by atoms with Gasteiger partial charge in [0.2, 0.25) is 0 Å². The Morgan fingerprint density at radius 3 is 2.05 bits per heavy atom. The van der Waals surface area contributed by atoms with E-state index in [9.17, 15) is 4.79 Å². The molecule has 0 amide bonds. The van der Waals surface area contributed by atoms with Crippen molar-refractivity contribution in [3.8, 4) is 0 Å². The second-order valence-corrected chi connectivity index (χ2v) is 6.91. The van der Waals surface area contributed by atoms with Gasteiger partial charge in [0.15, 0.2) is 5.78 Å². The highest BCUT2D eigenvalue weighted by atomic mass is 16.1. The van der Waals surface area contributed by atoms with Crippen LogP contribution in [0.1, 0.15) is 57.3 Å². The number of hydrogen-bond donors (Lipinski definition) is 0. The summed E-state index contributed by atoms with van der Waals surface area (Å²) in [6.07, 6.45) is 5.49. The lowest BCUT2D eigenvalue weighted by Crippen LogP contribution is -2.32. The van der Waals surface area contributed by atoms with Gasteiger partial charge in [-0.05, 0) is 29.7 Å². The van der Waals surface area contributed by atoms with E-state index in [0.29, 0.717) is 0 Å². The van der Waals surface area contributed by atoms with Gasteiger partial charge in [-0.15, -0.1) is 0 Å². The highest BCUT2D eigenvalue weighted by molar-refractivity contribution is 6.05. The van der Waals surface area contributed by atoms with Crippen LogP contribution in [0.15, 0.2) is 42.0 Å². The highest BCUT2D eigenvalue weighted by Gasteiger charge is 2.38. The minimum Gasteiger partial charge on any atom is -0.289 e. The van der Waals surface area contributed by atoms with Gasteiger partial charge in [0, 0.05) is 5.56 Å². The van der Waals surface area contributed by atoms with Crippen LogP contribution in [0.25, 0.3) is 0 Å². The first kappa shape index (κ1) is 14.0. The molecule has 0 atom stereocenters. The molecule has 0 heterocycles. The third-order valence-corrected chi connectivity index (χ3v) is 4.40. The summed E-state index contributed by atoms with van der Waals surface area (Å²) in [6.45, 7) is 9.05. The van der Waals surface area contributed by atoms with Crippen LogP contribution in [-0.2, 0) is 0 Å². The van der Waals surface area contributed by atoms with Crippen LogP contribution in [0.2, 0.25) is 0 Å². The van der Waals surface area contributed by atoms with Gasteiger partial charge in [-0.3, -0.25) is 4.79 Å². The standard InChI is InChI=1S/C18H24O/c1-17(2)11-8-12-18(3,4)16(17)13-15(19)14-9-6-5-7-10-14/h5-7,9-10,13H,8,11-12H2,1-4H3. The number of rotatable bonds is 2. The van der Waals surface area contributed by atoms with Crippen molar-refractivity contribution in [3.05, 3.63) is 47.5 Å². The molecule has 1 aliphatic carbocycles. The van der Waals surface area contributed by atoms with Crippen LogP contribution in [0.3, 0.4) is 0 Å². The number of carbonyl (C=O) groups is 1. The van der Waals surface area contributed by atoms with E-state index < -0.39 is 0 Å². The Morgan fingerprint density at radius 1 is 1.00 bits per heavy atom. The molecule has 1 aromatic rings. The van der Waals surface area contributed by atoms with Crippen molar-refractivity contribution < 1.29 is 4.79 Å². The topological polar surface area (TPSA) is 17.1 Å². The number of ketones is 1. The lowest BCUT2D eigenvalue weighted by Gasteiger charge is -2.44. The van der Waals surface area contributed by atoms with Crippen molar-refractivity contribution in [3.63, 3.8) is 0 Å². The summed E-state index contributed by atoms with van der Waals surface area (Å²) in [7, 11) is 0. The second kappa shape index (κ2) is 4.96. The summed E-state index contributed by atoms with van der Waals surface area (Å²) in [6, 6.07) is 9.56. The van der Waals surface area contributed by atoms with Gasteiger partial charge in [0.25, 0.3) is 0 Å². The van der Waals surface area contributed by atoms with E-state index in [1.54, 1.807) is 0 Å². The Bertz CT molecular complexity index is 474. The second-order valence-electron chi connectivity index (χ2n) is 6.91. The van der Waals surface area contributed by atoms with Gasteiger partial charge in [-0.1, -0.05) is 70.0 Å². The molecular formula is C18H24O. The van der Waals surface area contributed by atoms with Crippen LogP contribution in [0.4, 0.5) is 0 Å². The fourth-order valence-electron chi connectivity index (χ4n) is 3.37. The number of allylic oxidation sites excluding steroid dienone is 2. The van der Waals surface area contributed by atoms with Gasteiger partial charge in [-0.2, -0.15) is 0 Å². The zero-order chi connectivity index (χ0) is 14.1. The lowest BCUT2D eigenvalue weighted by molar-refractivity contribution is 0.103. The molecule has 0 spiro atoms. The van der Waals surface area contributed by atoms with Crippen molar-refractivity contribution in [2.24, 2.45) is 10.8 Å². The van der Waals surface area contributed by atoms with E-state index in [1.807, 2.05) is 36.4 Å². The Morgan fingerprint density at radius 2 is 1.53 bits per heavy atom. The summed E-state index contributed by atoms with van der Waals surface area (Å²) in [5.41, 5.74) is 2.35. The average molecular weight is 256 g/mol. The first-order chi connectivity index (χ1) is 8.83. The Kier molecular flexibility index (Phi) is 3.66. The number of carbonyl (C=O) groups excluding carboxylic acids is 1. The number of benzene rings is 1. The summed E-state index contributed by atoms with van der Waals surface area (Å²) in [5, 5.41) is 0. The monoisotopic (exact) mass is 256 g/mol. The van der Waals surface area contributed by atoms with E-state index in [0.717, 1.165) is 5.56 Å². The SMILES string of the molecule is CC1(C)CCCC(C)(C)C1=CC(=O)c1ccccc1. The molecule has 1 heteroatoms. The van der Waals surface area contributed by atoms with E-state index in [2.05, 4.69) is 27.7 Å². The minimum atomic E-state index is 0.131. The van der Waals surface area contributed by atoms with Gasteiger partial charge in [0.1, 0.15) is 0 Å². The van der Waals surface area contributed by atoms with E-state index in [-0.39, 0.29) is 16.6 Å². The molecular weight excluding hydrogens is 232 g/mol. The maximum Gasteiger partial charge on any atom is 0.185 e. The average Bonchev–Trinajstić information content (AvgIpc) is 2.34. The first-order valence-corrected chi connectivity index (χ1v) is 7.15. The van der Waals surface area contributed by atoms with Gasteiger partial charge >= 0.3 is 0 Å². The van der Waals surface area contributed by atoms with Gasteiger partial charge in [0.05, 0.1) is 0 Å². The minimum absolute atomic E-state index is 0.131. The highest BCUT2D eigenvalue weighted by Crippen LogP contribution is 2.50. The fraction of sp³-hybridized carbons (Fsp3) is 0.500. The summed E-state index contributed by atoms with van der Waals surface area (Å²) in [4.78, 5) is 12.4. The Hall–Kier alpha value is -1.37. The quantitative estimate of drug-likeness (QED) is 0.535. The molecule has 0 saturated heterocycles. The molecule has 1 saturated carbocycles. The normalized spacial score (nSPS) is 20.9. The molecule has 1 fully saturated rings. The first-order valence-electron chi connectivity index (χ1n) is 7.15. The van der Waals surface area contributed by atoms with Crippen molar-refractivity contribution in [2.75, 3.05) is 0 Å². The lowest BCUT2D eigenvalue weighted by atomic mass is 9.61.